The van der Waals surface area contributed by atoms with Crippen molar-refractivity contribution in [3.05, 3.63) is 59.1 Å². The number of carbonyl (C=O) groups is 2. The fourth-order valence-corrected chi connectivity index (χ4v) is 4.69. The van der Waals surface area contributed by atoms with Gasteiger partial charge in [0.15, 0.2) is 0 Å². The Morgan fingerprint density at radius 2 is 1.74 bits per heavy atom. The van der Waals surface area contributed by atoms with Gasteiger partial charge < -0.3 is 10.6 Å². The molecule has 27 heavy (non-hydrogen) atoms. The third kappa shape index (κ3) is 3.67. The lowest BCUT2D eigenvalue weighted by Crippen LogP contribution is -2.55. The minimum absolute atomic E-state index is 0.115. The van der Waals surface area contributed by atoms with Gasteiger partial charge in [0, 0.05) is 34.1 Å². The van der Waals surface area contributed by atoms with Gasteiger partial charge in [0.2, 0.25) is 0 Å². The zero-order valence-corrected chi connectivity index (χ0v) is 15.6. The first-order valence-corrected chi connectivity index (χ1v) is 9.54. The zero-order valence-electron chi connectivity index (χ0n) is 14.9. The number of nitrogens with one attached hydrogen (secondary N) is 2. The number of benzene rings is 1. The summed E-state index contributed by atoms with van der Waals surface area (Å²) >= 11 is 6.01. The molecule has 4 rings (SSSR count). The van der Waals surface area contributed by atoms with Crippen molar-refractivity contribution < 1.29 is 9.59 Å². The van der Waals surface area contributed by atoms with Gasteiger partial charge in [-0.05, 0) is 56.7 Å². The molecule has 0 unspecified atom stereocenters. The maximum Gasteiger partial charge on any atom is 0.271 e. The molecule has 140 valence electrons. The van der Waals surface area contributed by atoms with Gasteiger partial charge in [-0.1, -0.05) is 17.7 Å². The number of aromatic nitrogens is 2. The van der Waals surface area contributed by atoms with Gasteiger partial charge in [-0.25, -0.2) is 4.98 Å². The first-order valence-electron chi connectivity index (χ1n) is 9.16. The van der Waals surface area contributed by atoms with Crippen LogP contribution in [0.25, 0.3) is 0 Å². The fraction of sp³-hybridized carbons (Fsp3) is 0.400. The SMILES string of the molecule is O=C(N[C@@]12CCC[C@@](NC(=O)c3cnccn3)(CC1)C2)c1cccc(Cl)c1. The van der Waals surface area contributed by atoms with Crippen LogP contribution in [-0.2, 0) is 0 Å². The van der Waals surface area contributed by atoms with E-state index in [0.717, 1.165) is 38.5 Å². The summed E-state index contributed by atoms with van der Waals surface area (Å²) in [5, 5.41) is 6.94. The second-order valence-corrected chi connectivity index (χ2v) is 8.04. The second-order valence-electron chi connectivity index (χ2n) is 7.60. The molecular weight excluding hydrogens is 364 g/mol. The largest absolute Gasteiger partial charge is 0.347 e. The first-order chi connectivity index (χ1) is 13.0. The smallest absolute Gasteiger partial charge is 0.271 e. The molecule has 2 saturated carbocycles. The Hall–Kier alpha value is -2.47. The molecule has 2 atom stereocenters. The highest BCUT2D eigenvalue weighted by molar-refractivity contribution is 6.30. The molecule has 6 nitrogen and oxygen atoms in total. The maximum atomic E-state index is 12.7. The van der Waals surface area contributed by atoms with Crippen LogP contribution in [0.5, 0.6) is 0 Å². The van der Waals surface area contributed by atoms with Crippen molar-refractivity contribution in [3.63, 3.8) is 0 Å². The lowest BCUT2D eigenvalue weighted by atomic mass is 9.78. The van der Waals surface area contributed by atoms with E-state index in [1.807, 2.05) is 0 Å². The van der Waals surface area contributed by atoms with Gasteiger partial charge in [-0.2, -0.15) is 0 Å². The summed E-state index contributed by atoms with van der Waals surface area (Å²) in [6, 6.07) is 6.96. The van der Waals surface area contributed by atoms with Crippen molar-refractivity contribution in [2.75, 3.05) is 0 Å². The lowest BCUT2D eigenvalue weighted by Gasteiger charge is -2.40. The summed E-state index contributed by atoms with van der Waals surface area (Å²) in [5.74, 6) is -0.322. The van der Waals surface area contributed by atoms with Crippen LogP contribution in [0.2, 0.25) is 5.02 Å². The summed E-state index contributed by atoms with van der Waals surface area (Å²) in [5.41, 5.74) is 0.295. The molecule has 7 heteroatoms. The predicted octanol–water partition coefficient (Wildman–Crippen LogP) is 3.14. The molecule has 1 heterocycles. The van der Waals surface area contributed by atoms with Gasteiger partial charge in [-0.3, -0.25) is 14.6 Å². The van der Waals surface area contributed by atoms with Crippen molar-refractivity contribution >= 4 is 23.4 Å². The van der Waals surface area contributed by atoms with E-state index in [-0.39, 0.29) is 22.9 Å². The molecule has 1 aromatic carbocycles. The Kier molecular flexibility index (Phi) is 4.60. The normalized spacial score (nSPS) is 26.4. The molecule has 2 bridgehead atoms. The van der Waals surface area contributed by atoms with Crippen LogP contribution in [0.4, 0.5) is 0 Å². The predicted molar refractivity (Wildman–Crippen MR) is 102 cm³/mol. The van der Waals surface area contributed by atoms with E-state index in [9.17, 15) is 9.59 Å². The van der Waals surface area contributed by atoms with Gasteiger partial charge in [-0.15, -0.1) is 0 Å². The summed E-state index contributed by atoms with van der Waals surface area (Å²) < 4.78 is 0. The number of amides is 2. The summed E-state index contributed by atoms with van der Waals surface area (Å²) in [4.78, 5) is 33.3. The molecule has 2 aliphatic rings. The summed E-state index contributed by atoms with van der Waals surface area (Å²) in [7, 11) is 0. The Labute approximate surface area is 162 Å². The van der Waals surface area contributed by atoms with Crippen LogP contribution < -0.4 is 10.6 Å². The summed E-state index contributed by atoms with van der Waals surface area (Å²) in [6.07, 6.45) is 9.73. The van der Waals surface area contributed by atoms with E-state index in [1.165, 1.54) is 12.4 Å². The van der Waals surface area contributed by atoms with Gasteiger partial charge >= 0.3 is 0 Å². The lowest BCUT2D eigenvalue weighted by molar-refractivity contribution is 0.0829. The Balaban J connectivity index is 1.48. The van der Waals surface area contributed by atoms with E-state index in [1.54, 1.807) is 30.5 Å². The van der Waals surface area contributed by atoms with Gasteiger partial charge in [0.1, 0.15) is 5.69 Å². The Bertz CT molecular complexity index is 875. The standard InChI is InChI=1S/C20H21ClN4O2/c21-15-4-1-3-14(11-15)17(26)24-19-5-2-6-20(13-19,8-7-19)25-18(27)16-12-22-9-10-23-16/h1,3-4,9-12H,2,5-8,13H2,(H,24,26)(H,25,27)/t19-,20+/m0/s1. The van der Waals surface area contributed by atoms with E-state index < -0.39 is 0 Å². The molecule has 2 aliphatic carbocycles. The number of carbonyl (C=O) groups excluding carboxylic acids is 2. The highest BCUT2D eigenvalue weighted by Gasteiger charge is 2.52. The number of nitrogens with zero attached hydrogens (tertiary/aromatic N) is 2. The minimum Gasteiger partial charge on any atom is -0.347 e. The van der Waals surface area contributed by atoms with Crippen LogP contribution in [0.15, 0.2) is 42.9 Å². The Morgan fingerprint density at radius 3 is 2.41 bits per heavy atom. The average Bonchev–Trinajstić information content (AvgIpc) is 2.92. The molecule has 2 N–H and O–H groups in total. The topological polar surface area (TPSA) is 84.0 Å². The molecule has 1 aromatic heterocycles. The van der Waals surface area contributed by atoms with E-state index in [4.69, 9.17) is 11.6 Å². The number of fused-ring (bicyclic) bond motifs is 2. The molecule has 2 aromatic rings. The van der Waals surface area contributed by atoms with Gasteiger partial charge in [0.05, 0.1) is 6.20 Å². The number of halogens is 1. The summed E-state index contributed by atoms with van der Waals surface area (Å²) in [6.45, 7) is 0. The molecule has 0 spiro atoms. The maximum absolute atomic E-state index is 12.7. The molecule has 0 saturated heterocycles. The third-order valence-electron chi connectivity index (χ3n) is 5.71. The van der Waals surface area contributed by atoms with Crippen LogP contribution >= 0.6 is 11.6 Å². The molecule has 2 amide bonds. The van der Waals surface area contributed by atoms with Crippen LogP contribution in [0.3, 0.4) is 0 Å². The minimum atomic E-state index is -0.297. The number of hydrogen-bond acceptors (Lipinski definition) is 4. The third-order valence-corrected chi connectivity index (χ3v) is 5.94. The van der Waals surface area contributed by atoms with E-state index >= 15 is 0 Å². The number of rotatable bonds is 4. The fourth-order valence-electron chi connectivity index (χ4n) is 4.50. The van der Waals surface area contributed by atoms with Crippen molar-refractivity contribution in [1.29, 1.82) is 0 Å². The first kappa shape index (κ1) is 17.9. The molecule has 0 radical (unpaired) electrons. The monoisotopic (exact) mass is 384 g/mol. The van der Waals surface area contributed by atoms with Crippen LogP contribution in [0.1, 0.15) is 59.4 Å². The van der Waals surface area contributed by atoms with Crippen LogP contribution in [0, 0.1) is 0 Å². The van der Waals surface area contributed by atoms with Crippen LogP contribution in [-0.4, -0.2) is 32.9 Å². The zero-order chi connectivity index (χ0) is 18.9. The second kappa shape index (κ2) is 6.93. The Morgan fingerprint density at radius 1 is 1.00 bits per heavy atom. The average molecular weight is 385 g/mol. The van der Waals surface area contributed by atoms with Gasteiger partial charge in [0.25, 0.3) is 11.8 Å². The van der Waals surface area contributed by atoms with E-state index in [0.29, 0.717) is 16.3 Å². The molecular formula is C20H21ClN4O2. The van der Waals surface area contributed by atoms with Crippen molar-refractivity contribution in [3.8, 4) is 0 Å². The quantitative estimate of drug-likeness (QED) is 0.848. The van der Waals surface area contributed by atoms with Crippen molar-refractivity contribution in [2.24, 2.45) is 0 Å². The number of hydrogen-bond donors (Lipinski definition) is 2. The highest BCUT2D eigenvalue weighted by atomic mass is 35.5. The highest BCUT2D eigenvalue weighted by Crippen LogP contribution is 2.48. The van der Waals surface area contributed by atoms with Crippen molar-refractivity contribution in [1.82, 2.24) is 20.6 Å². The molecule has 2 fully saturated rings. The molecule has 0 aliphatic heterocycles. The van der Waals surface area contributed by atoms with E-state index in [2.05, 4.69) is 20.6 Å². The van der Waals surface area contributed by atoms with Crippen molar-refractivity contribution in [2.45, 2.75) is 49.6 Å².